The number of halogens is 1. The first-order chi connectivity index (χ1) is 15.4. The van der Waals surface area contributed by atoms with Crippen LogP contribution in [0, 0.1) is 3.57 Å². The first-order valence-corrected chi connectivity index (χ1v) is 11.1. The van der Waals surface area contributed by atoms with E-state index >= 15 is 0 Å². The fraction of sp³-hybridized carbons (Fsp3) is 0.0769. The summed E-state index contributed by atoms with van der Waals surface area (Å²) in [6.07, 6.45) is 0.449. The lowest BCUT2D eigenvalue weighted by molar-refractivity contribution is 0.0696. The molecule has 0 aromatic heterocycles. The molecule has 0 bridgehead atoms. The van der Waals surface area contributed by atoms with Crippen molar-refractivity contribution in [2.24, 2.45) is 0 Å². The van der Waals surface area contributed by atoms with Crippen LogP contribution in [0.1, 0.15) is 37.4 Å². The molecule has 0 aliphatic carbocycles. The normalized spacial score (nSPS) is 10.8. The summed E-state index contributed by atoms with van der Waals surface area (Å²) >= 11 is 2.24. The highest BCUT2D eigenvalue weighted by Gasteiger charge is 2.10. The summed E-state index contributed by atoms with van der Waals surface area (Å²) < 4.78 is 1.14. The van der Waals surface area contributed by atoms with Crippen LogP contribution in [-0.4, -0.2) is 22.1 Å². The van der Waals surface area contributed by atoms with E-state index in [4.69, 9.17) is 5.11 Å². The number of carboxylic acids is 1. The van der Waals surface area contributed by atoms with Crippen LogP contribution in [0.2, 0.25) is 0 Å². The predicted octanol–water partition coefficient (Wildman–Crippen LogP) is 5.37. The third kappa shape index (κ3) is 5.08. The molecule has 0 heterocycles. The van der Waals surface area contributed by atoms with Gasteiger partial charge in [0.05, 0.1) is 5.56 Å². The van der Waals surface area contributed by atoms with Crippen molar-refractivity contribution in [2.45, 2.75) is 13.0 Å². The van der Waals surface area contributed by atoms with E-state index in [1.54, 1.807) is 36.4 Å². The number of hydrogen-bond acceptors (Lipinski definition) is 3. The van der Waals surface area contributed by atoms with Gasteiger partial charge in [-0.2, -0.15) is 0 Å². The van der Waals surface area contributed by atoms with Crippen molar-refractivity contribution in [1.29, 1.82) is 0 Å². The number of benzene rings is 4. The van der Waals surface area contributed by atoms with E-state index in [2.05, 4.69) is 27.9 Å². The van der Waals surface area contributed by atoms with Gasteiger partial charge in [0, 0.05) is 22.1 Å². The molecular formula is C26H20INO4. The average Bonchev–Trinajstić information content (AvgIpc) is 2.79. The molecule has 1 amide bonds. The number of aromatic hydroxyl groups is 1. The second-order valence-corrected chi connectivity index (χ2v) is 8.78. The van der Waals surface area contributed by atoms with Gasteiger partial charge in [-0.3, -0.25) is 4.79 Å². The van der Waals surface area contributed by atoms with Crippen molar-refractivity contribution in [3.8, 4) is 5.75 Å². The molecule has 0 unspecified atom stereocenters. The predicted molar refractivity (Wildman–Crippen MR) is 132 cm³/mol. The highest BCUT2D eigenvalue weighted by atomic mass is 127. The second-order valence-electron chi connectivity index (χ2n) is 7.53. The zero-order chi connectivity index (χ0) is 22.7. The number of carbonyl (C=O) groups is 2. The van der Waals surface area contributed by atoms with E-state index in [1.165, 1.54) is 0 Å². The summed E-state index contributed by atoms with van der Waals surface area (Å²) in [5.41, 5.74) is 3.39. The summed E-state index contributed by atoms with van der Waals surface area (Å²) in [5.74, 6) is -0.974. The minimum absolute atomic E-state index is 0.163. The second kappa shape index (κ2) is 9.40. The quantitative estimate of drug-likeness (QED) is 0.289. The smallest absolute Gasteiger partial charge is 0.335 e. The zero-order valence-electron chi connectivity index (χ0n) is 17.0. The number of fused-ring (bicyclic) bond motifs is 1. The van der Waals surface area contributed by atoms with Crippen molar-refractivity contribution >= 4 is 45.2 Å². The Kier molecular flexibility index (Phi) is 6.41. The van der Waals surface area contributed by atoms with Crippen molar-refractivity contribution in [3.63, 3.8) is 0 Å². The molecule has 0 aliphatic heterocycles. The van der Waals surface area contributed by atoms with Crippen molar-refractivity contribution in [3.05, 3.63) is 110 Å². The number of aromatic carboxylic acids is 1. The molecular weight excluding hydrogens is 517 g/mol. The van der Waals surface area contributed by atoms with Crippen LogP contribution in [0.15, 0.2) is 78.9 Å². The Hall–Kier alpha value is -3.39. The van der Waals surface area contributed by atoms with E-state index in [-0.39, 0.29) is 17.2 Å². The SMILES string of the molecule is O=C(O)c1ccc(Cc2cc3cc(C(=O)NCc4ccc(I)cc4)ccc3cc2O)cc1. The lowest BCUT2D eigenvalue weighted by atomic mass is 9.98. The maximum atomic E-state index is 12.6. The van der Waals surface area contributed by atoms with Crippen LogP contribution in [0.25, 0.3) is 10.8 Å². The maximum Gasteiger partial charge on any atom is 0.335 e. The molecule has 0 atom stereocenters. The number of amides is 1. The van der Waals surface area contributed by atoms with Gasteiger partial charge in [0.1, 0.15) is 5.75 Å². The molecule has 160 valence electrons. The molecule has 0 saturated heterocycles. The lowest BCUT2D eigenvalue weighted by Gasteiger charge is -2.10. The number of phenolic OH excluding ortho intramolecular Hbond substituents is 1. The maximum absolute atomic E-state index is 12.6. The fourth-order valence-electron chi connectivity index (χ4n) is 3.49. The van der Waals surface area contributed by atoms with Gasteiger partial charge in [-0.15, -0.1) is 0 Å². The molecule has 0 fully saturated rings. The monoisotopic (exact) mass is 537 g/mol. The van der Waals surface area contributed by atoms with Gasteiger partial charge >= 0.3 is 5.97 Å². The van der Waals surface area contributed by atoms with Crippen LogP contribution in [0.5, 0.6) is 5.75 Å². The van der Waals surface area contributed by atoms with Crippen LogP contribution in [0.3, 0.4) is 0 Å². The Morgan fingerprint density at radius 1 is 0.781 bits per heavy atom. The summed E-state index contributed by atoms with van der Waals surface area (Å²) in [4.78, 5) is 23.7. The molecule has 3 N–H and O–H groups in total. The van der Waals surface area contributed by atoms with E-state index in [9.17, 15) is 14.7 Å². The van der Waals surface area contributed by atoms with E-state index in [1.807, 2.05) is 42.5 Å². The highest BCUT2D eigenvalue weighted by Crippen LogP contribution is 2.28. The van der Waals surface area contributed by atoms with Gasteiger partial charge in [0.2, 0.25) is 0 Å². The Morgan fingerprint density at radius 2 is 1.44 bits per heavy atom. The molecule has 4 rings (SSSR count). The molecule has 4 aromatic carbocycles. The Morgan fingerprint density at radius 3 is 2.12 bits per heavy atom. The molecule has 5 nitrogen and oxygen atoms in total. The first kappa shape index (κ1) is 21.8. The standard InChI is InChI=1S/C26H20INO4/c27-23-9-3-17(4-10-23)15-28-25(30)20-8-7-19-14-24(29)22(13-21(19)12-20)11-16-1-5-18(6-2-16)26(31)32/h1-10,12-14,29H,11,15H2,(H,28,30)(H,31,32). The topological polar surface area (TPSA) is 86.6 Å². The van der Waals surface area contributed by atoms with Gasteiger partial charge in [-0.25, -0.2) is 4.79 Å². The Labute approximate surface area is 198 Å². The summed E-state index contributed by atoms with van der Waals surface area (Å²) in [6.45, 7) is 0.445. The largest absolute Gasteiger partial charge is 0.508 e. The number of phenols is 1. The minimum Gasteiger partial charge on any atom is -0.508 e. The summed E-state index contributed by atoms with van der Waals surface area (Å²) in [7, 11) is 0. The molecule has 0 spiro atoms. The van der Waals surface area contributed by atoms with E-state index < -0.39 is 5.97 Å². The molecule has 0 aliphatic rings. The van der Waals surface area contributed by atoms with Crippen LogP contribution < -0.4 is 5.32 Å². The van der Waals surface area contributed by atoms with Gasteiger partial charge in [0.25, 0.3) is 5.91 Å². The van der Waals surface area contributed by atoms with Gasteiger partial charge in [-0.1, -0.05) is 30.3 Å². The van der Waals surface area contributed by atoms with E-state index in [0.717, 1.165) is 25.5 Å². The third-order valence-corrected chi connectivity index (χ3v) is 5.98. The molecule has 32 heavy (non-hydrogen) atoms. The number of rotatable bonds is 6. The van der Waals surface area contributed by atoms with Crippen molar-refractivity contribution in [2.75, 3.05) is 0 Å². The molecule has 0 saturated carbocycles. The molecule has 6 heteroatoms. The van der Waals surface area contributed by atoms with Crippen molar-refractivity contribution in [1.82, 2.24) is 5.32 Å². The summed E-state index contributed by atoms with van der Waals surface area (Å²) in [5, 5.41) is 24.1. The van der Waals surface area contributed by atoms with Crippen molar-refractivity contribution < 1.29 is 19.8 Å². The van der Waals surface area contributed by atoms with E-state index in [0.29, 0.717) is 24.1 Å². The first-order valence-electron chi connectivity index (χ1n) is 9.99. The van der Waals surface area contributed by atoms with Gasteiger partial charge in [-0.05, 0) is 98.6 Å². The lowest BCUT2D eigenvalue weighted by Crippen LogP contribution is -2.22. The number of carboxylic acid groups (broad SMARTS) is 1. The highest BCUT2D eigenvalue weighted by molar-refractivity contribution is 14.1. The summed E-state index contributed by atoms with van der Waals surface area (Å²) in [6, 6.07) is 23.5. The van der Waals surface area contributed by atoms with Gasteiger partial charge in [0.15, 0.2) is 0 Å². The average molecular weight is 537 g/mol. The number of carbonyl (C=O) groups excluding carboxylic acids is 1. The molecule has 0 radical (unpaired) electrons. The fourth-order valence-corrected chi connectivity index (χ4v) is 3.85. The zero-order valence-corrected chi connectivity index (χ0v) is 19.2. The third-order valence-electron chi connectivity index (χ3n) is 5.26. The van der Waals surface area contributed by atoms with Crippen LogP contribution in [0.4, 0.5) is 0 Å². The number of hydrogen-bond donors (Lipinski definition) is 3. The number of nitrogens with one attached hydrogen (secondary N) is 1. The van der Waals surface area contributed by atoms with Crippen LogP contribution in [-0.2, 0) is 13.0 Å². The Balaban J connectivity index is 1.53. The van der Waals surface area contributed by atoms with Crippen LogP contribution >= 0.6 is 22.6 Å². The van der Waals surface area contributed by atoms with Gasteiger partial charge < -0.3 is 15.5 Å². The Bertz CT molecular complexity index is 1300. The molecule has 4 aromatic rings. The minimum atomic E-state index is -0.974.